The van der Waals surface area contributed by atoms with Crippen LogP contribution in [0.2, 0.25) is 0 Å². The number of aromatic nitrogens is 3. The predicted molar refractivity (Wildman–Crippen MR) is 246 cm³/mol. The van der Waals surface area contributed by atoms with Crippen LogP contribution in [0.25, 0.3) is 21.8 Å². The van der Waals surface area contributed by atoms with Crippen LogP contribution in [0.1, 0.15) is 57.9 Å². The second kappa shape index (κ2) is 21.9. The van der Waals surface area contributed by atoms with Gasteiger partial charge in [0.25, 0.3) is 5.91 Å². The molecule has 1 fully saturated rings. The topological polar surface area (TPSA) is 182 Å². The van der Waals surface area contributed by atoms with E-state index in [-0.39, 0.29) is 37.4 Å². The number of alkyl carbamates (subject to hydrolysis) is 1. The SMILES string of the molecule is CCC(C)C(C(=O)NC(Cc1ccccc1)C(O)CN(Cc1ccc(-c2ccccn2)cc1)NC(=O)C(NC(=O)OC)C(C)(C)C)N1CCN(Cc2csc(-c3cccnc3)n2)C1=O. The third kappa shape index (κ3) is 12.5. The number of hydrogen-bond acceptors (Lipinski definition) is 11. The third-order valence-corrected chi connectivity index (χ3v) is 12.3. The van der Waals surface area contributed by atoms with Crippen LogP contribution in [0.4, 0.5) is 9.59 Å². The standard InChI is InChI=1S/C48H59N9O6S/c1-7-32(2)41(57-25-24-55(47(57)62)29-37-31-64-45(51-37)36-16-13-22-49-27-36)43(59)52-39(26-33-14-9-8-10-15-33)40(58)30-56(54-44(60)42(48(3,4)5)53-46(61)63-6)28-34-18-20-35(21-19-34)38-17-11-12-23-50-38/h8-23,27,31-32,39-42,58H,7,24-26,28-30H2,1-6H3,(H,52,59)(H,53,61)(H,54,60). The molecule has 16 heteroatoms. The molecule has 338 valence electrons. The lowest BCUT2D eigenvalue weighted by molar-refractivity contribution is -0.132. The van der Waals surface area contributed by atoms with Gasteiger partial charge in [-0.2, -0.15) is 0 Å². The van der Waals surface area contributed by atoms with Crippen molar-refractivity contribution in [3.63, 3.8) is 0 Å². The van der Waals surface area contributed by atoms with Crippen molar-refractivity contribution in [1.82, 2.24) is 45.8 Å². The molecular formula is C48H59N9O6S. The van der Waals surface area contributed by atoms with Gasteiger partial charge >= 0.3 is 12.1 Å². The zero-order valence-corrected chi connectivity index (χ0v) is 38.1. The number of urea groups is 1. The fraction of sp³-hybridized carbons (Fsp3) is 0.396. The van der Waals surface area contributed by atoms with E-state index in [2.05, 4.69) is 26.0 Å². The molecule has 0 bridgehead atoms. The van der Waals surface area contributed by atoms with Crippen LogP contribution in [-0.4, -0.2) is 110 Å². The van der Waals surface area contributed by atoms with Gasteiger partial charge in [0.2, 0.25) is 5.91 Å². The molecule has 2 aromatic carbocycles. The van der Waals surface area contributed by atoms with Gasteiger partial charge in [-0.1, -0.05) is 102 Å². The van der Waals surface area contributed by atoms with Gasteiger partial charge in [-0.25, -0.2) is 19.6 Å². The Balaban J connectivity index is 1.23. The summed E-state index contributed by atoms with van der Waals surface area (Å²) in [5.41, 5.74) is 7.32. The van der Waals surface area contributed by atoms with Gasteiger partial charge in [-0.15, -0.1) is 11.3 Å². The quantitative estimate of drug-likeness (QED) is 0.0686. The summed E-state index contributed by atoms with van der Waals surface area (Å²) >= 11 is 1.49. The predicted octanol–water partition coefficient (Wildman–Crippen LogP) is 6.31. The Kier molecular flexibility index (Phi) is 16.2. The summed E-state index contributed by atoms with van der Waals surface area (Å²) < 4.78 is 4.84. The van der Waals surface area contributed by atoms with E-state index < -0.39 is 41.6 Å². The van der Waals surface area contributed by atoms with E-state index in [1.165, 1.54) is 18.4 Å². The zero-order chi connectivity index (χ0) is 45.8. The number of hydrazine groups is 1. The molecule has 1 aliphatic heterocycles. The summed E-state index contributed by atoms with van der Waals surface area (Å²) in [6.07, 6.45) is 4.11. The van der Waals surface area contributed by atoms with E-state index in [1.807, 2.05) is 125 Å². The number of thiazole rings is 1. The molecule has 0 saturated carbocycles. The summed E-state index contributed by atoms with van der Waals surface area (Å²) in [7, 11) is 1.23. The Labute approximate surface area is 379 Å². The van der Waals surface area contributed by atoms with Crippen LogP contribution in [-0.2, 0) is 33.8 Å². The number of nitrogens with one attached hydrogen (secondary N) is 3. The van der Waals surface area contributed by atoms with E-state index >= 15 is 0 Å². The van der Waals surface area contributed by atoms with Crippen molar-refractivity contribution in [3.8, 4) is 21.8 Å². The van der Waals surface area contributed by atoms with Crippen LogP contribution in [0.3, 0.4) is 0 Å². The first-order chi connectivity index (χ1) is 30.7. The Morgan fingerprint density at radius 3 is 2.31 bits per heavy atom. The molecule has 5 atom stereocenters. The van der Waals surface area contributed by atoms with Gasteiger partial charge in [0.05, 0.1) is 37.2 Å². The van der Waals surface area contributed by atoms with E-state index in [1.54, 1.807) is 33.4 Å². The Morgan fingerprint density at radius 1 is 0.906 bits per heavy atom. The van der Waals surface area contributed by atoms with Crippen molar-refractivity contribution in [1.29, 1.82) is 0 Å². The molecule has 15 nitrogen and oxygen atoms in total. The summed E-state index contributed by atoms with van der Waals surface area (Å²) in [5.74, 6) is -1.11. The molecule has 5 aromatic rings. The number of rotatable bonds is 19. The average molecular weight is 890 g/mol. The van der Waals surface area contributed by atoms with E-state index in [4.69, 9.17) is 9.72 Å². The van der Waals surface area contributed by atoms with Gasteiger partial charge in [0.1, 0.15) is 17.1 Å². The van der Waals surface area contributed by atoms with Crippen molar-refractivity contribution in [3.05, 3.63) is 126 Å². The molecule has 1 saturated heterocycles. The first-order valence-corrected chi connectivity index (χ1v) is 22.4. The minimum Gasteiger partial charge on any atom is -0.453 e. The number of benzene rings is 2. The number of nitrogens with zero attached hydrogens (tertiary/aromatic N) is 6. The highest BCUT2D eigenvalue weighted by molar-refractivity contribution is 7.13. The number of carbonyl (C=O) groups excluding carboxylic acids is 4. The smallest absolute Gasteiger partial charge is 0.407 e. The lowest BCUT2D eigenvalue weighted by Gasteiger charge is -2.36. The van der Waals surface area contributed by atoms with Gasteiger partial charge < -0.3 is 30.3 Å². The second-order valence-electron chi connectivity index (χ2n) is 17.2. The number of methoxy groups -OCH3 is 1. The first-order valence-electron chi connectivity index (χ1n) is 21.6. The Morgan fingerprint density at radius 2 is 1.66 bits per heavy atom. The number of ether oxygens (including phenoxy) is 1. The summed E-state index contributed by atoms with van der Waals surface area (Å²) in [4.78, 5) is 71.9. The molecule has 5 amide bonds. The molecule has 0 spiro atoms. The molecule has 4 heterocycles. The lowest BCUT2D eigenvalue weighted by atomic mass is 9.86. The van der Waals surface area contributed by atoms with Crippen LogP contribution in [0.5, 0.6) is 0 Å². The van der Waals surface area contributed by atoms with Gasteiger partial charge in [-0.3, -0.25) is 25.0 Å². The van der Waals surface area contributed by atoms with Crippen LogP contribution in [0, 0.1) is 11.3 Å². The fourth-order valence-corrected chi connectivity index (χ4v) is 8.46. The molecular weight excluding hydrogens is 831 g/mol. The number of aliphatic hydroxyl groups excluding tert-OH is 1. The minimum absolute atomic E-state index is 0.111. The highest BCUT2D eigenvalue weighted by Crippen LogP contribution is 2.27. The molecule has 3 aromatic heterocycles. The van der Waals surface area contributed by atoms with Crippen molar-refractivity contribution in [2.45, 2.75) is 84.8 Å². The fourth-order valence-electron chi connectivity index (χ4n) is 7.66. The maximum Gasteiger partial charge on any atom is 0.407 e. The molecule has 64 heavy (non-hydrogen) atoms. The monoisotopic (exact) mass is 889 g/mol. The first kappa shape index (κ1) is 47.3. The largest absolute Gasteiger partial charge is 0.453 e. The molecule has 0 aliphatic carbocycles. The van der Waals surface area contributed by atoms with Crippen LogP contribution < -0.4 is 16.1 Å². The maximum atomic E-state index is 14.6. The summed E-state index contributed by atoms with van der Waals surface area (Å²) in [5, 5.41) is 22.4. The zero-order valence-electron chi connectivity index (χ0n) is 37.3. The molecule has 0 radical (unpaired) electrons. The molecule has 1 aliphatic rings. The maximum absolute atomic E-state index is 14.6. The van der Waals surface area contributed by atoms with Crippen molar-refractivity contribution in [2.24, 2.45) is 11.3 Å². The van der Waals surface area contributed by atoms with Gasteiger partial charge in [-0.05, 0) is 53.1 Å². The van der Waals surface area contributed by atoms with Crippen molar-refractivity contribution in [2.75, 3.05) is 26.7 Å². The highest BCUT2D eigenvalue weighted by Gasteiger charge is 2.41. The van der Waals surface area contributed by atoms with Crippen LogP contribution in [0.15, 0.2) is 109 Å². The van der Waals surface area contributed by atoms with E-state index in [0.29, 0.717) is 26.1 Å². The Bertz CT molecular complexity index is 2290. The molecule has 6 rings (SSSR count). The summed E-state index contributed by atoms with van der Waals surface area (Å²) in [6, 6.07) is 23.8. The number of pyridine rings is 2. The normalized spacial score (nSPS) is 15.3. The summed E-state index contributed by atoms with van der Waals surface area (Å²) in [6.45, 7) is 10.5. The molecule has 5 unspecified atom stereocenters. The van der Waals surface area contributed by atoms with Gasteiger partial charge in [0, 0.05) is 61.3 Å². The highest BCUT2D eigenvalue weighted by atomic mass is 32.1. The van der Waals surface area contributed by atoms with Crippen LogP contribution >= 0.6 is 11.3 Å². The number of amides is 5. The second-order valence-corrected chi connectivity index (χ2v) is 18.0. The minimum atomic E-state index is -1.22. The molecule has 4 N–H and O–H groups in total. The number of carbonyl (C=O) groups is 4. The van der Waals surface area contributed by atoms with Crippen molar-refractivity contribution < 1.29 is 29.0 Å². The average Bonchev–Trinajstić information content (AvgIpc) is 3.91. The van der Waals surface area contributed by atoms with E-state index in [9.17, 15) is 24.3 Å². The van der Waals surface area contributed by atoms with E-state index in [0.717, 1.165) is 38.6 Å². The third-order valence-electron chi connectivity index (χ3n) is 11.4. The Hall–Kier alpha value is -6.23. The number of hydrogen-bond donors (Lipinski definition) is 4. The van der Waals surface area contributed by atoms with Crippen molar-refractivity contribution >= 4 is 35.3 Å². The number of aliphatic hydroxyl groups is 1. The lowest BCUT2D eigenvalue weighted by Crippen LogP contribution is -2.60. The van der Waals surface area contributed by atoms with Gasteiger partial charge in [0.15, 0.2) is 0 Å².